The molecule has 19 heavy (non-hydrogen) atoms. The molecule has 1 aromatic heterocycles. The number of benzene rings is 1. The second-order valence-electron chi connectivity index (χ2n) is 3.61. The van der Waals surface area contributed by atoms with Gasteiger partial charge in [0, 0.05) is 10.7 Å². The summed E-state index contributed by atoms with van der Waals surface area (Å²) in [5.74, 6) is -1.30. The fraction of sp³-hybridized carbons (Fsp3) is 0.0909. The van der Waals surface area contributed by atoms with E-state index in [-0.39, 0.29) is 11.4 Å². The van der Waals surface area contributed by atoms with Gasteiger partial charge in [-0.05, 0) is 24.3 Å². The maximum absolute atomic E-state index is 12.9. The van der Waals surface area contributed by atoms with Crippen LogP contribution in [0.3, 0.4) is 0 Å². The van der Waals surface area contributed by atoms with Crippen LogP contribution in [-0.2, 0) is 6.18 Å². The molecule has 4 nitrogen and oxygen atoms in total. The van der Waals surface area contributed by atoms with Crippen molar-refractivity contribution in [3.05, 3.63) is 46.2 Å². The summed E-state index contributed by atoms with van der Waals surface area (Å²) in [6.07, 6.45) is -3.38. The van der Waals surface area contributed by atoms with Crippen LogP contribution in [-0.4, -0.2) is 20.9 Å². The quantitative estimate of drug-likeness (QED) is 0.916. The summed E-state index contributed by atoms with van der Waals surface area (Å²) in [4.78, 5) is 10.7. The summed E-state index contributed by atoms with van der Waals surface area (Å²) < 4.78 is 39.9. The van der Waals surface area contributed by atoms with Crippen LogP contribution in [0.1, 0.15) is 16.1 Å². The van der Waals surface area contributed by atoms with Crippen LogP contribution in [0.25, 0.3) is 5.69 Å². The Kier molecular flexibility index (Phi) is 3.36. The molecule has 0 fully saturated rings. The highest BCUT2D eigenvalue weighted by atomic mass is 79.9. The van der Waals surface area contributed by atoms with Gasteiger partial charge in [-0.3, -0.25) is 0 Å². The van der Waals surface area contributed by atoms with E-state index in [0.29, 0.717) is 4.47 Å². The van der Waals surface area contributed by atoms with Crippen LogP contribution >= 0.6 is 15.9 Å². The lowest BCUT2D eigenvalue weighted by Gasteiger charge is -2.13. The highest BCUT2D eigenvalue weighted by Crippen LogP contribution is 2.35. The Morgan fingerprint density at radius 3 is 2.53 bits per heavy atom. The largest absolute Gasteiger partial charge is 0.476 e. The topological polar surface area (TPSA) is 55.1 Å². The number of aromatic carboxylic acids is 1. The van der Waals surface area contributed by atoms with E-state index in [2.05, 4.69) is 21.0 Å². The van der Waals surface area contributed by atoms with Gasteiger partial charge < -0.3 is 5.11 Å². The molecule has 0 amide bonds. The van der Waals surface area contributed by atoms with Gasteiger partial charge >= 0.3 is 12.1 Å². The number of carboxylic acid groups (broad SMARTS) is 1. The molecule has 0 saturated carbocycles. The molecule has 0 unspecified atom stereocenters. The summed E-state index contributed by atoms with van der Waals surface area (Å²) >= 11 is 3.07. The zero-order valence-electron chi connectivity index (χ0n) is 9.15. The molecule has 8 heteroatoms. The van der Waals surface area contributed by atoms with Gasteiger partial charge in [0.2, 0.25) is 0 Å². The van der Waals surface area contributed by atoms with E-state index in [1.54, 1.807) is 0 Å². The fourth-order valence-corrected chi connectivity index (χ4v) is 1.86. The molecule has 0 saturated heterocycles. The predicted octanol–water partition coefficient (Wildman–Crippen LogP) is 3.35. The molecule has 1 N–H and O–H groups in total. The van der Waals surface area contributed by atoms with Crippen molar-refractivity contribution in [3.63, 3.8) is 0 Å². The number of nitrogens with zero attached hydrogens (tertiary/aromatic N) is 2. The van der Waals surface area contributed by atoms with Gasteiger partial charge in [-0.15, -0.1) is 0 Å². The molecule has 0 aliphatic carbocycles. The molecule has 2 aromatic rings. The Hall–Kier alpha value is -1.83. The number of hydrogen-bond acceptors (Lipinski definition) is 2. The predicted molar refractivity (Wildman–Crippen MR) is 63.2 cm³/mol. The summed E-state index contributed by atoms with van der Waals surface area (Å²) in [7, 11) is 0. The van der Waals surface area contributed by atoms with Gasteiger partial charge in [-0.1, -0.05) is 15.9 Å². The van der Waals surface area contributed by atoms with E-state index in [1.165, 1.54) is 18.3 Å². The second kappa shape index (κ2) is 4.69. The standard InChI is InChI=1S/C11H6BrF3N2O2/c12-6-1-2-7(11(13,14)15)9(5-6)17-4-3-8(16-17)10(18)19/h1-5H,(H,18,19). The van der Waals surface area contributed by atoms with E-state index in [9.17, 15) is 18.0 Å². The van der Waals surface area contributed by atoms with Crippen molar-refractivity contribution in [3.8, 4) is 5.69 Å². The Labute approximate surface area is 113 Å². The van der Waals surface area contributed by atoms with Gasteiger partial charge in [0.15, 0.2) is 5.69 Å². The Morgan fingerprint density at radius 1 is 1.32 bits per heavy atom. The first-order valence-electron chi connectivity index (χ1n) is 4.95. The number of carbonyl (C=O) groups is 1. The van der Waals surface area contributed by atoms with Crippen LogP contribution < -0.4 is 0 Å². The summed E-state index contributed by atoms with van der Waals surface area (Å²) in [5.41, 5.74) is -1.46. The zero-order chi connectivity index (χ0) is 14.2. The van der Waals surface area contributed by atoms with E-state index in [1.807, 2.05) is 0 Å². The molecular formula is C11H6BrF3N2O2. The van der Waals surface area contributed by atoms with Gasteiger partial charge in [0.05, 0.1) is 11.3 Å². The van der Waals surface area contributed by atoms with Crippen molar-refractivity contribution < 1.29 is 23.1 Å². The Bertz CT molecular complexity index is 637. The van der Waals surface area contributed by atoms with E-state index < -0.39 is 17.7 Å². The van der Waals surface area contributed by atoms with Crippen LogP contribution in [0, 0.1) is 0 Å². The van der Waals surface area contributed by atoms with Crippen molar-refractivity contribution in [1.82, 2.24) is 9.78 Å². The fourth-order valence-electron chi connectivity index (χ4n) is 1.51. The van der Waals surface area contributed by atoms with Gasteiger partial charge in [-0.25, -0.2) is 9.48 Å². The first kappa shape index (κ1) is 13.6. The minimum atomic E-state index is -4.55. The maximum Gasteiger partial charge on any atom is 0.418 e. The Balaban J connectivity index is 2.59. The van der Waals surface area contributed by atoms with E-state index in [0.717, 1.165) is 16.8 Å². The third-order valence-corrected chi connectivity index (χ3v) is 2.81. The molecule has 0 aliphatic heterocycles. The van der Waals surface area contributed by atoms with Gasteiger partial charge in [-0.2, -0.15) is 18.3 Å². The first-order chi connectivity index (χ1) is 8.79. The number of hydrogen-bond donors (Lipinski definition) is 1. The third kappa shape index (κ3) is 2.78. The second-order valence-corrected chi connectivity index (χ2v) is 4.53. The minimum absolute atomic E-state index is 0.241. The smallest absolute Gasteiger partial charge is 0.418 e. The molecule has 0 radical (unpaired) electrons. The van der Waals surface area contributed by atoms with E-state index >= 15 is 0 Å². The van der Waals surface area contributed by atoms with Crippen LogP contribution in [0.4, 0.5) is 13.2 Å². The van der Waals surface area contributed by atoms with Crippen molar-refractivity contribution in [2.75, 3.05) is 0 Å². The minimum Gasteiger partial charge on any atom is -0.476 e. The molecule has 0 spiro atoms. The molecule has 0 aliphatic rings. The third-order valence-electron chi connectivity index (χ3n) is 2.32. The monoisotopic (exact) mass is 334 g/mol. The van der Waals surface area contributed by atoms with Crippen molar-refractivity contribution >= 4 is 21.9 Å². The number of alkyl halides is 3. The van der Waals surface area contributed by atoms with Crippen LogP contribution in [0.15, 0.2) is 34.9 Å². The van der Waals surface area contributed by atoms with Crippen LogP contribution in [0.2, 0.25) is 0 Å². The number of rotatable bonds is 2. The normalized spacial score (nSPS) is 11.6. The lowest BCUT2D eigenvalue weighted by Crippen LogP contribution is -2.11. The maximum atomic E-state index is 12.9. The first-order valence-corrected chi connectivity index (χ1v) is 5.74. The van der Waals surface area contributed by atoms with Crippen molar-refractivity contribution in [2.45, 2.75) is 6.18 Å². The van der Waals surface area contributed by atoms with Gasteiger partial charge in [0.1, 0.15) is 0 Å². The molecular weight excluding hydrogens is 329 g/mol. The molecule has 0 atom stereocenters. The molecule has 2 rings (SSSR count). The summed E-state index contributed by atoms with van der Waals surface area (Å²) in [6, 6.07) is 4.51. The van der Waals surface area contributed by atoms with Crippen molar-refractivity contribution in [1.29, 1.82) is 0 Å². The molecule has 1 heterocycles. The highest BCUT2D eigenvalue weighted by molar-refractivity contribution is 9.10. The van der Waals surface area contributed by atoms with Gasteiger partial charge in [0.25, 0.3) is 0 Å². The average molecular weight is 335 g/mol. The molecule has 0 bridgehead atoms. The summed E-state index contributed by atoms with van der Waals surface area (Å²) in [6.45, 7) is 0. The average Bonchev–Trinajstić information content (AvgIpc) is 2.76. The van der Waals surface area contributed by atoms with E-state index in [4.69, 9.17) is 5.11 Å². The lowest BCUT2D eigenvalue weighted by atomic mass is 10.2. The number of halogens is 4. The molecule has 100 valence electrons. The SMILES string of the molecule is O=C(O)c1ccn(-c2cc(Br)ccc2C(F)(F)F)n1. The highest BCUT2D eigenvalue weighted by Gasteiger charge is 2.34. The van der Waals surface area contributed by atoms with Crippen molar-refractivity contribution in [2.24, 2.45) is 0 Å². The zero-order valence-corrected chi connectivity index (χ0v) is 10.7. The summed E-state index contributed by atoms with van der Waals surface area (Å²) in [5, 5.41) is 12.3. The lowest BCUT2D eigenvalue weighted by molar-refractivity contribution is -0.137. The van der Waals surface area contributed by atoms with Crippen LogP contribution in [0.5, 0.6) is 0 Å². The molecule has 1 aromatic carbocycles. The number of carboxylic acids is 1. The Morgan fingerprint density at radius 2 is 2.00 bits per heavy atom. The number of aromatic nitrogens is 2.